The number of amides is 1. The fourth-order valence-electron chi connectivity index (χ4n) is 3.27. The highest BCUT2D eigenvalue weighted by Crippen LogP contribution is 2.19. The Hall–Kier alpha value is -2.73. The van der Waals surface area contributed by atoms with Crippen molar-refractivity contribution in [1.29, 1.82) is 5.26 Å². The largest absolute Gasteiger partial charge is 0.325 e. The Morgan fingerprint density at radius 3 is 2.38 bits per heavy atom. The predicted octanol–water partition coefficient (Wildman–Crippen LogP) is 2.20. The first-order valence-corrected chi connectivity index (χ1v) is 10.9. The number of nitrogens with one attached hydrogen (secondary N) is 1. The predicted molar refractivity (Wildman–Crippen MR) is 111 cm³/mol. The monoisotopic (exact) mass is 412 g/mol. The number of anilines is 1. The third-order valence-electron chi connectivity index (χ3n) is 5.12. The van der Waals surface area contributed by atoms with E-state index in [1.165, 1.54) is 4.31 Å². The Morgan fingerprint density at radius 2 is 1.76 bits per heavy atom. The summed E-state index contributed by atoms with van der Waals surface area (Å²) in [7, 11) is -3.53. The minimum Gasteiger partial charge on any atom is -0.325 e. The van der Waals surface area contributed by atoms with Crippen LogP contribution in [0.4, 0.5) is 5.69 Å². The molecule has 0 bridgehead atoms. The molecular weight excluding hydrogens is 388 g/mol. The number of piperazine rings is 1. The number of rotatable bonds is 5. The van der Waals surface area contributed by atoms with Crippen LogP contribution in [0.25, 0.3) is 0 Å². The van der Waals surface area contributed by atoms with Gasteiger partial charge in [0.05, 0.1) is 22.6 Å². The van der Waals surface area contributed by atoms with Gasteiger partial charge in [0, 0.05) is 31.9 Å². The lowest BCUT2D eigenvalue weighted by Crippen LogP contribution is -2.53. The van der Waals surface area contributed by atoms with Gasteiger partial charge in [-0.2, -0.15) is 9.57 Å². The van der Waals surface area contributed by atoms with Crippen molar-refractivity contribution in [3.05, 3.63) is 59.7 Å². The van der Waals surface area contributed by atoms with E-state index in [-0.39, 0.29) is 5.91 Å². The van der Waals surface area contributed by atoms with Crippen LogP contribution in [-0.2, 0) is 14.8 Å². The molecule has 29 heavy (non-hydrogen) atoms. The van der Waals surface area contributed by atoms with Crippen molar-refractivity contribution in [3.63, 3.8) is 0 Å². The van der Waals surface area contributed by atoms with Gasteiger partial charge < -0.3 is 5.32 Å². The summed E-state index contributed by atoms with van der Waals surface area (Å²) >= 11 is 0. The smallest absolute Gasteiger partial charge is 0.243 e. The van der Waals surface area contributed by atoms with Crippen molar-refractivity contribution < 1.29 is 13.2 Å². The van der Waals surface area contributed by atoms with Crippen molar-refractivity contribution in [1.82, 2.24) is 9.21 Å². The van der Waals surface area contributed by atoms with Crippen LogP contribution in [0.1, 0.15) is 18.1 Å². The number of benzene rings is 2. The van der Waals surface area contributed by atoms with Crippen LogP contribution >= 0.6 is 0 Å². The quantitative estimate of drug-likeness (QED) is 0.813. The lowest BCUT2D eigenvalue weighted by molar-refractivity contribution is -0.121. The average Bonchev–Trinajstić information content (AvgIpc) is 2.73. The SMILES string of the molecule is Cc1ccc(S(=O)(=O)N2CCN([C@H](C)C(=O)Nc3cccc(C#N)c3)CC2)cc1. The molecule has 152 valence electrons. The lowest BCUT2D eigenvalue weighted by Gasteiger charge is -2.36. The van der Waals surface area contributed by atoms with E-state index in [4.69, 9.17) is 5.26 Å². The summed E-state index contributed by atoms with van der Waals surface area (Å²) in [5.74, 6) is -0.185. The molecule has 2 aromatic carbocycles. The molecule has 0 saturated carbocycles. The van der Waals surface area contributed by atoms with Crippen LogP contribution in [0.5, 0.6) is 0 Å². The van der Waals surface area contributed by atoms with Gasteiger partial charge in [0.15, 0.2) is 0 Å². The second-order valence-corrected chi connectivity index (χ2v) is 9.05. The Kier molecular flexibility index (Phi) is 6.33. The normalized spacial score (nSPS) is 16.7. The maximum Gasteiger partial charge on any atom is 0.243 e. The molecule has 1 amide bonds. The second kappa shape index (κ2) is 8.74. The summed E-state index contributed by atoms with van der Waals surface area (Å²) in [6.07, 6.45) is 0. The number of sulfonamides is 1. The number of nitrogens with zero attached hydrogens (tertiary/aromatic N) is 3. The molecule has 1 N–H and O–H groups in total. The van der Waals surface area contributed by atoms with Crippen LogP contribution in [0.15, 0.2) is 53.4 Å². The van der Waals surface area contributed by atoms with Gasteiger partial charge in [-0.1, -0.05) is 23.8 Å². The molecular formula is C21H24N4O3S. The van der Waals surface area contributed by atoms with Crippen LogP contribution in [0.2, 0.25) is 0 Å². The number of carbonyl (C=O) groups excluding carboxylic acids is 1. The van der Waals surface area contributed by atoms with Crippen molar-refractivity contribution in [2.24, 2.45) is 0 Å². The molecule has 0 unspecified atom stereocenters. The molecule has 2 aromatic rings. The second-order valence-electron chi connectivity index (χ2n) is 7.11. The highest BCUT2D eigenvalue weighted by molar-refractivity contribution is 7.89. The molecule has 0 radical (unpaired) electrons. The standard InChI is InChI=1S/C21H24N4O3S/c1-16-6-8-20(9-7-16)29(27,28)25-12-10-24(11-13-25)17(2)21(26)23-19-5-3-4-18(14-19)15-22/h3-9,14,17H,10-13H2,1-2H3,(H,23,26)/t17-/m1/s1. The van der Waals surface area contributed by atoms with E-state index in [0.717, 1.165) is 5.56 Å². The van der Waals surface area contributed by atoms with E-state index < -0.39 is 16.1 Å². The van der Waals surface area contributed by atoms with Gasteiger partial charge in [-0.25, -0.2) is 8.42 Å². The average molecular weight is 413 g/mol. The number of nitriles is 1. The number of aryl methyl sites for hydroxylation is 1. The first-order chi connectivity index (χ1) is 13.8. The molecule has 8 heteroatoms. The third kappa shape index (κ3) is 4.82. The van der Waals surface area contributed by atoms with E-state index >= 15 is 0 Å². The molecule has 1 fully saturated rings. The Bertz CT molecular complexity index is 1020. The topological polar surface area (TPSA) is 93.5 Å². The molecule has 1 aliphatic heterocycles. The zero-order valence-electron chi connectivity index (χ0n) is 16.5. The van der Waals surface area contributed by atoms with Crippen LogP contribution < -0.4 is 5.32 Å². The van der Waals surface area contributed by atoms with Crippen LogP contribution in [0, 0.1) is 18.3 Å². The first kappa shape index (κ1) is 21.0. The zero-order valence-corrected chi connectivity index (χ0v) is 17.3. The minimum atomic E-state index is -3.53. The highest BCUT2D eigenvalue weighted by atomic mass is 32.2. The van der Waals surface area contributed by atoms with Gasteiger partial charge >= 0.3 is 0 Å². The highest BCUT2D eigenvalue weighted by Gasteiger charge is 2.31. The van der Waals surface area contributed by atoms with Crippen molar-refractivity contribution in [2.75, 3.05) is 31.5 Å². The summed E-state index contributed by atoms with van der Waals surface area (Å²) < 4.78 is 27.1. The van der Waals surface area contributed by atoms with Gasteiger partial charge in [-0.3, -0.25) is 9.69 Å². The molecule has 1 saturated heterocycles. The molecule has 3 rings (SSSR count). The van der Waals surface area contributed by atoms with Crippen molar-refractivity contribution >= 4 is 21.6 Å². The van der Waals surface area contributed by atoms with Crippen molar-refractivity contribution in [3.8, 4) is 6.07 Å². The summed E-state index contributed by atoms with van der Waals surface area (Å²) in [5, 5.41) is 11.8. The summed E-state index contributed by atoms with van der Waals surface area (Å²) in [6, 6.07) is 15.2. The molecule has 0 aromatic heterocycles. The van der Waals surface area contributed by atoms with E-state index in [2.05, 4.69) is 5.32 Å². The maximum atomic E-state index is 12.8. The Morgan fingerprint density at radius 1 is 1.10 bits per heavy atom. The number of hydrogen-bond acceptors (Lipinski definition) is 5. The number of carbonyl (C=O) groups is 1. The summed E-state index contributed by atoms with van der Waals surface area (Å²) in [4.78, 5) is 14.8. The third-order valence-corrected chi connectivity index (χ3v) is 7.03. The molecule has 7 nitrogen and oxygen atoms in total. The van der Waals surface area contributed by atoms with Gasteiger partial charge in [-0.05, 0) is 44.2 Å². The molecule has 0 spiro atoms. The van der Waals surface area contributed by atoms with E-state index in [1.54, 1.807) is 55.5 Å². The minimum absolute atomic E-state index is 0.185. The fraction of sp³-hybridized carbons (Fsp3) is 0.333. The van der Waals surface area contributed by atoms with E-state index in [0.29, 0.717) is 42.3 Å². The maximum absolute atomic E-state index is 12.8. The van der Waals surface area contributed by atoms with Crippen LogP contribution in [0.3, 0.4) is 0 Å². The van der Waals surface area contributed by atoms with Gasteiger partial charge in [0.1, 0.15) is 0 Å². The summed E-state index contributed by atoms with van der Waals surface area (Å²) in [5.41, 5.74) is 2.06. The Labute approximate surface area is 171 Å². The van der Waals surface area contributed by atoms with Gasteiger partial charge in [0.2, 0.25) is 15.9 Å². The molecule has 1 heterocycles. The molecule has 1 atom stereocenters. The number of hydrogen-bond donors (Lipinski definition) is 1. The van der Waals surface area contributed by atoms with E-state index in [1.807, 2.05) is 17.9 Å². The molecule has 1 aliphatic rings. The van der Waals surface area contributed by atoms with E-state index in [9.17, 15) is 13.2 Å². The first-order valence-electron chi connectivity index (χ1n) is 9.43. The molecule has 0 aliphatic carbocycles. The summed E-state index contributed by atoms with van der Waals surface area (Å²) in [6.45, 7) is 5.32. The van der Waals surface area contributed by atoms with Gasteiger partial charge in [0.25, 0.3) is 0 Å². The lowest BCUT2D eigenvalue weighted by atomic mass is 10.2. The van der Waals surface area contributed by atoms with Crippen LogP contribution in [-0.4, -0.2) is 55.8 Å². The van der Waals surface area contributed by atoms with Gasteiger partial charge in [-0.15, -0.1) is 0 Å². The fourth-order valence-corrected chi connectivity index (χ4v) is 4.69. The Balaban J connectivity index is 1.60. The van der Waals surface area contributed by atoms with Crippen molar-refractivity contribution in [2.45, 2.75) is 24.8 Å². The zero-order chi connectivity index (χ0) is 21.0.